The molecule has 0 spiro atoms. The lowest BCUT2D eigenvalue weighted by Gasteiger charge is -2.21. The molecule has 0 fully saturated rings. The van der Waals surface area contributed by atoms with Gasteiger partial charge < -0.3 is 11.1 Å². The molecular weight excluding hydrogens is 240 g/mol. The van der Waals surface area contributed by atoms with E-state index in [9.17, 15) is 0 Å². The summed E-state index contributed by atoms with van der Waals surface area (Å²) in [7, 11) is 0. The molecule has 0 aliphatic heterocycles. The number of hydrogen-bond acceptors (Lipinski definition) is 3. The van der Waals surface area contributed by atoms with Crippen molar-refractivity contribution in [3.63, 3.8) is 0 Å². The predicted octanol–water partition coefficient (Wildman–Crippen LogP) is 3.43. The molecule has 0 heterocycles. The van der Waals surface area contributed by atoms with Gasteiger partial charge in [0, 0.05) is 17.5 Å². The molecule has 0 saturated heterocycles. The Kier molecular flexibility index (Phi) is 7.40. The average Bonchev–Trinajstić information content (AvgIpc) is 2.44. The number of thioether (sulfide) groups is 1. The van der Waals surface area contributed by atoms with E-state index in [2.05, 4.69) is 49.7 Å². The van der Waals surface area contributed by atoms with Crippen molar-refractivity contribution in [1.29, 1.82) is 0 Å². The Labute approximate surface area is 116 Å². The van der Waals surface area contributed by atoms with E-state index in [-0.39, 0.29) is 6.04 Å². The molecule has 2 nitrogen and oxygen atoms in total. The first-order chi connectivity index (χ1) is 8.74. The molecule has 102 valence electrons. The van der Waals surface area contributed by atoms with Crippen LogP contribution in [0.25, 0.3) is 0 Å². The van der Waals surface area contributed by atoms with Crippen LogP contribution in [0.2, 0.25) is 0 Å². The first kappa shape index (κ1) is 15.5. The van der Waals surface area contributed by atoms with Crippen LogP contribution in [0.5, 0.6) is 0 Å². The Morgan fingerprint density at radius 2 is 1.78 bits per heavy atom. The first-order valence-electron chi connectivity index (χ1n) is 6.82. The molecule has 18 heavy (non-hydrogen) atoms. The Bertz CT molecular complexity index is 320. The molecule has 1 unspecified atom stereocenters. The quantitative estimate of drug-likeness (QED) is 0.708. The molecule has 3 N–H and O–H groups in total. The molecule has 0 saturated carbocycles. The minimum atomic E-state index is 0.279. The average molecular weight is 266 g/mol. The second-order valence-electron chi connectivity index (χ2n) is 4.65. The largest absolute Gasteiger partial charge is 0.329 e. The van der Waals surface area contributed by atoms with Gasteiger partial charge in [-0.15, -0.1) is 11.8 Å². The molecule has 1 aromatic rings. The van der Waals surface area contributed by atoms with Gasteiger partial charge in [-0.1, -0.05) is 38.8 Å². The van der Waals surface area contributed by atoms with E-state index in [0.717, 1.165) is 12.5 Å². The van der Waals surface area contributed by atoms with E-state index >= 15 is 0 Å². The standard InChI is InChI=1S/C15H26N2S/c1-4-12(5-2)11-17-15(10-16)13-6-8-14(18-3)9-7-13/h6-9,12,15,17H,4-5,10-11,16H2,1-3H3. The summed E-state index contributed by atoms with van der Waals surface area (Å²) in [5.74, 6) is 0.754. The highest BCUT2D eigenvalue weighted by molar-refractivity contribution is 7.98. The van der Waals surface area contributed by atoms with Crippen LogP contribution in [0.3, 0.4) is 0 Å². The third-order valence-corrected chi connectivity index (χ3v) is 4.31. The van der Waals surface area contributed by atoms with E-state index < -0.39 is 0 Å². The molecule has 3 heteroatoms. The van der Waals surface area contributed by atoms with Gasteiger partial charge in [0.1, 0.15) is 0 Å². The van der Waals surface area contributed by atoms with E-state index in [1.54, 1.807) is 11.8 Å². The minimum Gasteiger partial charge on any atom is -0.329 e. The summed E-state index contributed by atoms with van der Waals surface area (Å²) in [6, 6.07) is 8.98. The van der Waals surface area contributed by atoms with Crippen LogP contribution in [0, 0.1) is 5.92 Å². The highest BCUT2D eigenvalue weighted by atomic mass is 32.2. The molecule has 0 amide bonds. The molecule has 0 bridgehead atoms. The lowest BCUT2D eigenvalue weighted by Crippen LogP contribution is -2.32. The van der Waals surface area contributed by atoms with E-state index in [1.807, 2.05) is 0 Å². The SMILES string of the molecule is CCC(CC)CNC(CN)c1ccc(SC)cc1. The van der Waals surface area contributed by atoms with Gasteiger partial charge >= 0.3 is 0 Å². The molecule has 0 radical (unpaired) electrons. The molecule has 1 rings (SSSR count). The van der Waals surface area contributed by atoms with Gasteiger partial charge in [-0.05, 0) is 36.4 Å². The zero-order valence-corrected chi connectivity index (χ0v) is 12.6. The zero-order chi connectivity index (χ0) is 13.4. The smallest absolute Gasteiger partial charge is 0.0444 e. The first-order valence-corrected chi connectivity index (χ1v) is 8.04. The Balaban J connectivity index is 2.58. The fraction of sp³-hybridized carbons (Fsp3) is 0.600. The Morgan fingerprint density at radius 3 is 2.22 bits per heavy atom. The molecule has 0 aliphatic rings. The number of hydrogen-bond donors (Lipinski definition) is 2. The molecular formula is C15H26N2S. The minimum absolute atomic E-state index is 0.279. The zero-order valence-electron chi connectivity index (χ0n) is 11.8. The van der Waals surface area contributed by atoms with Crippen LogP contribution in [-0.2, 0) is 0 Å². The van der Waals surface area contributed by atoms with Gasteiger partial charge in [0.25, 0.3) is 0 Å². The summed E-state index contributed by atoms with van der Waals surface area (Å²) in [4.78, 5) is 1.30. The van der Waals surface area contributed by atoms with Gasteiger partial charge in [-0.3, -0.25) is 0 Å². The van der Waals surface area contributed by atoms with Crippen molar-refractivity contribution in [2.45, 2.75) is 37.6 Å². The van der Waals surface area contributed by atoms with Gasteiger partial charge in [-0.25, -0.2) is 0 Å². The predicted molar refractivity (Wildman–Crippen MR) is 82.1 cm³/mol. The normalized spacial score (nSPS) is 12.9. The second-order valence-corrected chi connectivity index (χ2v) is 5.53. The van der Waals surface area contributed by atoms with Gasteiger partial charge in [0.2, 0.25) is 0 Å². The van der Waals surface area contributed by atoms with Crippen molar-refractivity contribution in [1.82, 2.24) is 5.32 Å². The highest BCUT2D eigenvalue weighted by Gasteiger charge is 2.11. The van der Waals surface area contributed by atoms with Crippen molar-refractivity contribution < 1.29 is 0 Å². The summed E-state index contributed by atoms with van der Waals surface area (Å²) < 4.78 is 0. The van der Waals surface area contributed by atoms with Crippen LogP contribution in [0.15, 0.2) is 29.2 Å². The van der Waals surface area contributed by atoms with Gasteiger partial charge in [-0.2, -0.15) is 0 Å². The fourth-order valence-corrected chi connectivity index (χ4v) is 2.47. The van der Waals surface area contributed by atoms with E-state index in [4.69, 9.17) is 5.73 Å². The number of benzene rings is 1. The molecule has 0 aliphatic carbocycles. The Hall–Kier alpha value is -0.510. The maximum atomic E-state index is 5.88. The van der Waals surface area contributed by atoms with Crippen LogP contribution >= 0.6 is 11.8 Å². The van der Waals surface area contributed by atoms with Crippen molar-refractivity contribution in [2.24, 2.45) is 11.7 Å². The number of nitrogens with one attached hydrogen (secondary N) is 1. The Morgan fingerprint density at radius 1 is 1.17 bits per heavy atom. The fourth-order valence-electron chi connectivity index (χ4n) is 2.06. The summed E-state index contributed by atoms with van der Waals surface area (Å²) in [6.45, 7) is 6.21. The van der Waals surface area contributed by atoms with E-state index in [1.165, 1.54) is 23.3 Å². The lowest BCUT2D eigenvalue weighted by atomic mass is 10.0. The third kappa shape index (κ3) is 4.63. The molecule has 1 aromatic carbocycles. The van der Waals surface area contributed by atoms with Crippen molar-refractivity contribution in [3.8, 4) is 0 Å². The van der Waals surface area contributed by atoms with Crippen LogP contribution in [0.4, 0.5) is 0 Å². The third-order valence-electron chi connectivity index (χ3n) is 3.56. The monoisotopic (exact) mass is 266 g/mol. The van der Waals surface area contributed by atoms with Crippen molar-refractivity contribution in [2.75, 3.05) is 19.3 Å². The summed E-state index contributed by atoms with van der Waals surface area (Å²) in [5.41, 5.74) is 7.17. The lowest BCUT2D eigenvalue weighted by molar-refractivity contribution is 0.414. The summed E-state index contributed by atoms with van der Waals surface area (Å²) in [6.07, 6.45) is 4.55. The van der Waals surface area contributed by atoms with Gasteiger partial charge in [0.15, 0.2) is 0 Å². The second kappa shape index (κ2) is 8.57. The molecule has 1 atom stereocenters. The van der Waals surface area contributed by atoms with Crippen LogP contribution < -0.4 is 11.1 Å². The maximum Gasteiger partial charge on any atom is 0.0444 e. The number of nitrogens with two attached hydrogens (primary N) is 1. The summed E-state index contributed by atoms with van der Waals surface area (Å²) >= 11 is 1.77. The maximum absolute atomic E-state index is 5.88. The van der Waals surface area contributed by atoms with Crippen molar-refractivity contribution >= 4 is 11.8 Å². The highest BCUT2D eigenvalue weighted by Crippen LogP contribution is 2.19. The van der Waals surface area contributed by atoms with Gasteiger partial charge in [0.05, 0.1) is 0 Å². The number of rotatable bonds is 8. The molecule has 0 aromatic heterocycles. The van der Waals surface area contributed by atoms with E-state index in [0.29, 0.717) is 6.54 Å². The van der Waals surface area contributed by atoms with Crippen LogP contribution in [-0.4, -0.2) is 19.3 Å². The van der Waals surface area contributed by atoms with Crippen LogP contribution in [0.1, 0.15) is 38.3 Å². The topological polar surface area (TPSA) is 38.0 Å². The van der Waals surface area contributed by atoms with Crippen molar-refractivity contribution in [3.05, 3.63) is 29.8 Å². The summed E-state index contributed by atoms with van der Waals surface area (Å²) in [5, 5.41) is 3.59.